The second-order valence-electron chi connectivity index (χ2n) is 14.6. The van der Waals surface area contributed by atoms with Gasteiger partial charge < -0.3 is 10.2 Å². The molecule has 4 heteroatoms. The quantitative estimate of drug-likeness (QED) is 0.0576. The van der Waals surface area contributed by atoms with Gasteiger partial charge in [0, 0.05) is 24.4 Å². The molecule has 2 atom stereocenters. The summed E-state index contributed by atoms with van der Waals surface area (Å²) in [6.45, 7) is 41.0. The predicted octanol–water partition coefficient (Wildman–Crippen LogP) is 12.4. The fraction of sp³-hybridized carbons (Fsp3) is 0.452. The van der Waals surface area contributed by atoms with Crippen LogP contribution in [0.15, 0.2) is 103 Å². The van der Waals surface area contributed by atoms with Crippen molar-refractivity contribution in [3.8, 4) is 0 Å². The minimum Gasteiger partial charge on any atom is -0.353 e. The molecule has 0 saturated carbocycles. The number of hydrogen-bond acceptors (Lipinski definition) is 2. The lowest BCUT2D eigenvalue weighted by molar-refractivity contribution is -0.501. The molecule has 0 aromatic heterocycles. The molecule has 2 unspecified atom stereocenters. The van der Waals surface area contributed by atoms with Crippen LogP contribution in [0.4, 0.5) is 17.1 Å². The van der Waals surface area contributed by atoms with Crippen LogP contribution in [0.2, 0.25) is 19.6 Å². The highest BCUT2D eigenvalue weighted by Gasteiger charge is 2.33. The first-order valence-electron chi connectivity index (χ1n) is 17.2. The summed E-state index contributed by atoms with van der Waals surface area (Å²) >= 11 is 0. The van der Waals surface area contributed by atoms with Gasteiger partial charge in [0.25, 0.3) is 0 Å². The monoisotopic (exact) mass is 638 g/mol. The maximum absolute atomic E-state index is 4.69. The minimum atomic E-state index is -1.48. The molecule has 1 N–H and O–H groups in total. The average Bonchev–Trinajstić information content (AvgIpc) is 2.99. The molecule has 0 radical (unpaired) electrons. The van der Waals surface area contributed by atoms with Gasteiger partial charge in [-0.1, -0.05) is 128 Å². The molecule has 0 saturated heterocycles. The van der Waals surface area contributed by atoms with Crippen LogP contribution in [0.3, 0.4) is 0 Å². The van der Waals surface area contributed by atoms with Crippen LogP contribution in [-0.4, -0.2) is 32.5 Å². The normalized spacial score (nSPS) is 13.6. The lowest BCUT2D eigenvalue weighted by Crippen LogP contribution is -2.35. The van der Waals surface area contributed by atoms with Crippen molar-refractivity contribution < 1.29 is 4.58 Å². The van der Waals surface area contributed by atoms with E-state index >= 15 is 0 Å². The smallest absolute Gasteiger partial charge is 0.169 e. The number of hydrogen-bond donors (Lipinski definition) is 1. The van der Waals surface area contributed by atoms with Crippen LogP contribution in [0.5, 0.6) is 0 Å². The molecule has 250 valence electrons. The topological polar surface area (TPSA) is 18.3 Å². The summed E-state index contributed by atoms with van der Waals surface area (Å²) in [5, 5.41) is 5.32. The van der Waals surface area contributed by atoms with Crippen LogP contribution in [0.1, 0.15) is 97.1 Å². The molecule has 0 amide bonds. The third-order valence-corrected chi connectivity index (χ3v) is 11.9. The lowest BCUT2D eigenvalue weighted by Gasteiger charge is -2.31. The Kier molecular flexibility index (Phi) is 14.8. The Morgan fingerprint density at radius 2 is 1.54 bits per heavy atom. The van der Waals surface area contributed by atoms with Gasteiger partial charge in [-0.15, -0.1) is 0 Å². The van der Waals surface area contributed by atoms with E-state index in [4.69, 9.17) is 0 Å². The summed E-state index contributed by atoms with van der Waals surface area (Å²) in [5.74, 6) is 1.07. The first kappa shape index (κ1) is 38.8. The molecule has 2 rings (SSSR count). The van der Waals surface area contributed by atoms with Crippen molar-refractivity contribution in [1.29, 1.82) is 0 Å². The first-order valence-corrected chi connectivity index (χ1v) is 20.7. The molecule has 2 aromatic carbocycles. The van der Waals surface area contributed by atoms with Crippen molar-refractivity contribution in [2.45, 2.75) is 112 Å². The predicted molar refractivity (Wildman–Crippen MR) is 211 cm³/mol. The molecule has 0 aliphatic heterocycles. The molecular weight excluding hydrogens is 575 g/mol. The van der Waals surface area contributed by atoms with Crippen molar-refractivity contribution in [2.75, 3.05) is 17.3 Å². The summed E-state index contributed by atoms with van der Waals surface area (Å²) in [6.07, 6.45) is 10.1. The van der Waals surface area contributed by atoms with Crippen molar-refractivity contribution in [3.63, 3.8) is 0 Å². The van der Waals surface area contributed by atoms with Crippen molar-refractivity contribution >= 4 is 31.9 Å². The van der Waals surface area contributed by atoms with E-state index in [1.54, 1.807) is 0 Å². The van der Waals surface area contributed by atoms with Gasteiger partial charge >= 0.3 is 0 Å². The van der Waals surface area contributed by atoms with E-state index in [1.165, 1.54) is 27.6 Å². The van der Waals surface area contributed by atoms with Gasteiger partial charge in [0.05, 0.1) is 25.9 Å². The molecule has 3 nitrogen and oxygen atoms in total. The van der Waals surface area contributed by atoms with Crippen LogP contribution in [0.25, 0.3) is 0 Å². The number of rotatable bonds is 18. The van der Waals surface area contributed by atoms with Crippen LogP contribution in [0, 0.1) is 5.92 Å². The maximum atomic E-state index is 4.69. The summed E-state index contributed by atoms with van der Waals surface area (Å²) in [5.41, 5.74) is 9.53. The SMILES string of the molecule is C=C(/C=C\C)CCC(C(=C)CC)C(CC(=C)N(C)c1ccccc1Nc1c(C(C)C)cccc1C(C)C)[N+](=C)/C=C(\C)[Si](C)(C)C. The van der Waals surface area contributed by atoms with Crippen molar-refractivity contribution in [1.82, 2.24) is 0 Å². The highest BCUT2D eigenvalue weighted by atomic mass is 28.3. The molecule has 0 aliphatic carbocycles. The zero-order valence-corrected chi connectivity index (χ0v) is 32.1. The van der Waals surface area contributed by atoms with Gasteiger partial charge in [0.1, 0.15) is 6.72 Å². The maximum Gasteiger partial charge on any atom is 0.169 e. The molecule has 0 heterocycles. The van der Waals surface area contributed by atoms with Crippen molar-refractivity contribution in [3.05, 3.63) is 114 Å². The molecular formula is C42H64N3Si+. The Morgan fingerprint density at radius 1 is 0.957 bits per heavy atom. The number of nitrogens with zero attached hydrogens (tertiary/aromatic N) is 2. The zero-order chi connectivity index (χ0) is 34.8. The highest BCUT2D eigenvalue weighted by molar-refractivity contribution is 6.82. The minimum absolute atomic E-state index is 0.112. The van der Waals surface area contributed by atoms with E-state index in [-0.39, 0.29) is 12.0 Å². The molecule has 2 aromatic rings. The van der Waals surface area contributed by atoms with E-state index in [9.17, 15) is 0 Å². The largest absolute Gasteiger partial charge is 0.353 e. The lowest BCUT2D eigenvalue weighted by atomic mass is 9.83. The molecule has 0 bridgehead atoms. The van der Waals surface area contributed by atoms with Crippen molar-refractivity contribution in [2.24, 2.45) is 5.92 Å². The zero-order valence-electron chi connectivity index (χ0n) is 31.1. The van der Waals surface area contributed by atoms with Gasteiger partial charge in [0.15, 0.2) is 12.2 Å². The van der Waals surface area contributed by atoms with Crippen LogP contribution >= 0.6 is 0 Å². The van der Waals surface area contributed by atoms with Crippen LogP contribution < -0.4 is 10.2 Å². The Balaban J connectivity index is 2.56. The Labute approximate surface area is 284 Å². The molecule has 46 heavy (non-hydrogen) atoms. The summed E-state index contributed by atoms with van der Waals surface area (Å²) in [7, 11) is 0.666. The summed E-state index contributed by atoms with van der Waals surface area (Å²) in [6, 6.07) is 15.4. The Morgan fingerprint density at radius 3 is 2.07 bits per heavy atom. The Hall–Kier alpha value is -3.37. The van der Waals surface area contributed by atoms with Gasteiger partial charge in [-0.25, -0.2) is 4.58 Å². The summed E-state index contributed by atoms with van der Waals surface area (Å²) in [4.78, 5) is 2.26. The fourth-order valence-electron chi connectivity index (χ4n) is 5.87. The molecule has 0 aliphatic rings. The fourth-order valence-corrected chi connectivity index (χ4v) is 6.42. The third kappa shape index (κ3) is 10.6. The van der Waals surface area contributed by atoms with E-state index in [0.717, 1.165) is 48.3 Å². The summed E-state index contributed by atoms with van der Waals surface area (Å²) < 4.78 is 2.22. The van der Waals surface area contributed by atoms with Crippen LogP contribution in [-0.2, 0) is 0 Å². The van der Waals surface area contributed by atoms with E-state index in [1.807, 2.05) is 0 Å². The van der Waals surface area contributed by atoms with E-state index in [2.05, 4.69) is 177 Å². The number of para-hydroxylation sites is 3. The standard InChI is InChI=1S/C42H64N3Si/c1-16-21-32(7)26-27-38(33(8)17-2)41(44(11)29-35(10)46(13,14)15)28-34(9)45(12)40-25-19-18-24-39(40)43-42-36(30(3)4)22-20-23-37(42)31(5)6/h16,18-25,29-31,38,41,43H,7-9,11,17,26-28H2,1-6,10,12-15H3/q+1/b21-16-,35-29+. The first-order chi connectivity index (χ1) is 21.5. The second kappa shape index (κ2) is 17.5. The second-order valence-corrected chi connectivity index (χ2v) is 19.8. The molecule has 0 spiro atoms. The van der Waals surface area contributed by atoms with Gasteiger partial charge in [-0.05, 0) is 73.4 Å². The Bertz CT molecular complexity index is 1410. The third-order valence-electron chi connectivity index (χ3n) is 9.41. The van der Waals surface area contributed by atoms with E-state index in [0.29, 0.717) is 11.8 Å². The van der Waals surface area contributed by atoms with E-state index < -0.39 is 8.07 Å². The number of allylic oxidation sites excluding steroid dienone is 4. The number of benzene rings is 2. The number of anilines is 3. The molecule has 0 fully saturated rings. The highest BCUT2D eigenvalue weighted by Crippen LogP contribution is 2.39. The van der Waals surface area contributed by atoms with Gasteiger partial charge in [0.2, 0.25) is 0 Å². The van der Waals surface area contributed by atoms with Gasteiger partial charge in [-0.3, -0.25) is 0 Å². The number of nitrogens with one attached hydrogen (secondary N) is 1. The van der Waals surface area contributed by atoms with Gasteiger partial charge in [-0.2, -0.15) is 0 Å². The average molecular weight is 639 g/mol.